The van der Waals surface area contributed by atoms with E-state index in [0.29, 0.717) is 98.3 Å². The van der Waals surface area contributed by atoms with E-state index in [4.69, 9.17) is 32.8 Å². The Labute approximate surface area is 352 Å². The minimum absolute atomic E-state index is 0.0571. The van der Waals surface area contributed by atoms with Crippen molar-refractivity contribution >= 4 is 57.9 Å². The Hall–Kier alpha value is -4.75. The number of likely N-dealkylation sites (tertiary alicyclic amines) is 1. The van der Waals surface area contributed by atoms with Crippen molar-refractivity contribution in [3.8, 4) is 17.2 Å². The Morgan fingerprint density at radius 3 is 2.27 bits per heavy atom. The fourth-order valence-corrected chi connectivity index (χ4v) is 7.66. The van der Waals surface area contributed by atoms with Gasteiger partial charge in [-0.1, -0.05) is 38.2 Å². The smallest absolute Gasteiger partial charge is 0.253 e. The number of thiazole rings is 1. The first-order valence-corrected chi connectivity index (χ1v) is 21.2. The highest BCUT2D eigenvalue weighted by Gasteiger charge is 2.28. The Bertz CT molecular complexity index is 1910. The van der Waals surface area contributed by atoms with Crippen LogP contribution >= 0.6 is 23.1 Å². The van der Waals surface area contributed by atoms with Crippen LogP contribution < -0.4 is 19.5 Å². The van der Waals surface area contributed by atoms with Crippen LogP contribution in [0.5, 0.6) is 17.2 Å². The molecule has 59 heavy (non-hydrogen) atoms. The first kappa shape index (κ1) is 45.3. The van der Waals surface area contributed by atoms with Crippen molar-refractivity contribution in [3.63, 3.8) is 0 Å². The summed E-state index contributed by atoms with van der Waals surface area (Å²) in [6, 6.07) is 3.41. The fraction of sp³-hybridized carbons (Fsp3) is 0.512. The van der Waals surface area contributed by atoms with Crippen LogP contribution in [0.2, 0.25) is 0 Å². The maximum absolute atomic E-state index is 12.9. The number of hydrogen-bond acceptors (Lipinski definition) is 15. The van der Waals surface area contributed by atoms with Crippen molar-refractivity contribution < 1.29 is 52.0 Å². The van der Waals surface area contributed by atoms with Gasteiger partial charge < -0.3 is 43.1 Å². The summed E-state index contributed by atoms with van der Waals surface area (Å²) in [5.41, 5.74) is 0.534. The lowest BCUT2D eigenvalue weighted by Gasteiger charge is -2.31. The molecule has 5 rings (SSSR count). The second kappa shape index (κ2) is 22.6. The van der Waals surface area contributed by atoms with Gasteiger partial charge in [0.1, 0.15) is 19.0 Å². The lowest BCUT2D eigenvalue weighted by atomic mass is 9.94. The topological polar surface area (TPSA) is 181 Å². The number of carbonyl (C=O) groups excluding carboxylic acids is 4. The van der Waals surface area contributed by atoms with Crippen LogP contribution in [-0.2, 0) is 44.6 Å². The molecule has 0 atom stereocenters. The summed E-state index contributed by atoms with van der Waals surface area (Å²) < 4.78 is 40.4. The molecule has 2 aliphatic rings. The average molecular weight is 856 g/mol. The number of hydrogen-bond donors (Lipinski definition) is 1. The van der Waals surface area contributed by atoms with Gasteiger partial charge in [-0.3, -0.25) is 24.1 Å². The molecule has 2 aliphatic heterocycles. The van der Waals surface area contributed by atoms with Crippen molar-refractivity contribution in [1.82, 2.24) is 19.8 Å². The van der Waals surface area contributed by atoms with Gasteiger partial charge in [0.25, 0.3) is 11.8 Å². The number of anilines is 1. The van der Waals surface area contributed by atoms with Crippen LogP contribution in [0.15, 0.2) is 51.4 Å². The van der Waals surface area contributed by atoms with E-state index in [1.54, 1.807) is 53.3 Å². The van der Waals surface area contributed by atoms with Crippen molar-refractivity contribution in [2.24, 2.45) is 5.92 Å². The molecule has 0 radical (unpaired) electrons. The molecule has 18 heteroatoms. The summed E-state index contributed by atoms with van der Waals surface area (Å²) in [5, 5.41) is 3.48. The van der Waals surface area contributed by atoms with E-state index in [-0.39, 0.29) is 55.5 Å². The van der Waals surface area contributed by atoms with Gasteiger partial charge in [0.2, 0.25) is 23.5 Å². The number of oxazole rings is 1. The van der Waals surface area contributed by atoms with Crippen molar-refractivity contribution in [3.05, 3.63) is 60.0 Å². The molecule has 4 heterocycles. The molecule has 4 amide bonds. The third kappa shape index (κ3) is 13.9. The number of imide groups is 1. The number of thioether (sulfide) groups is 1. The summed E-state index contributed by atoms with van der Waals surface area (Å²) in [6.07, 6.45) is 11.3. The highest BCUT2D eigenvalue weighted by Crippen LogP contribution is 2.39. The lowest BCUT2D eigenvalue weighted by Crippen LogP contribution is -2.43. The number of nitrogens with one attached hydrogen (secondary N) is 1. The van der Waals surface area contributed by atoms with Crippen molar-refractivity contribution in [2.75, 3.05) is 85.4 Å². The van der Waals surface area contributed by atoms with Crippen LogP contribution in [0.25, 0.3) is 6.08 Å². The van der Waals surface area contributed by atoms with Gasteiger partial charge in [-0.25, -0.2) is 9.97 Å². The molecule has 0 aliphatic carbocycles. The molecule has 1 aromatic carbocycles. The molecule has 2 aromatic heterocycles. The summed E-state index contributed by atoms with van der Waals surface area (Å²) >= 11 is 2.97. The largest absolute Gasteiger partial charge is 0.493 e. The number of rotatable bonds is 21. The molecule has 1 saturated heterocycles. The molecule has 0 saturated carbocycles. The SMILES string of the molecule is COc1cc(/C=C/C(=O)N2CCC=CC2=O)cc(OC)c1OCCOCCOCCOCC(=O)N1CCC(C(=O)Nc2ncc(SCc3ncc(C(C)(C)C)o3)s2)CC1. The number of amides is 4. The number of methoxy groups -OCH3 is 2. The van der Waals surface area contributed by atoms with E-state index in [2.05, 4.69) is 36.1 Å². The number of aromatic nitrogens is 2. The second-order valence-electron chi connectivity index (χ2n) is 14.5. The zero-order valence-electron chi connectivity index (χ0n) is 34.2. The third-order valence-corrected chi connectivity index (χ3v) is 11.3. The molecule has 1 N–H and O–H groups in total. The summed E-state index contributed by atoms with van der Waals surface area (Å²) in [6.45, 7) is 9.20. The van der Waals surface area contributed by atoms with Crippen LogP contribution in [0, 0.1) is 5.92 Å². The number of piperidine rings is 1. The van der Waals surface area contributed by atoms with Gasteiger partial charge in [0, 0.05) is 37.0 Å². The average Bonchev–Trinajstić information content (AvgIpc) is 3.91. The van der Waals surface area contributed by atoms with E-state index >= 15 is 0 Å². The van der Waals surface area contributed by atoms with Gasteiger partial charge >= 0.3 is 0 Å². The predicted molar refractivity (Wildman–Crippen MR) is 222 cm³/mol. The molecule has 0 unspecified atom stereocenters. The maximum atomic E-state index is 12.9. The van der Waals surface area contributed by atoms with Gasteiger partial charge in [-0.05, 0) is 49.1 Å². The number of ether oxygens (including phenoxy) is 6. The number of nitrogens with zero attached hydrogens (tertiary/aromatic N) is 4. The van der Waals surface area contributed by atoms with E-state index in [9.17, 15) is 19.2 Å². The summed E-state index contributed by atoms with van der Waals surface area (Å²) in [4.78, 5) is 61.7. The zero-order valence-corrected chi connectivity index (χ0v) is 35.8. The van der Waals surface area contributed by atoms with Crippen molar-refractivity contribution in [2.45, 2.75) is 55.4 Å². The molecule has 0 spiro atoms. The first-order valence-electron chi connectivity index (χ1n) is 19.4. The molecule has 320 valence electrons. The monoisotopic (exact) mass is 855 g/mol. The van der Waals surface area contributed by atoms with Crippen LogP contribution in [-0.4, -0.2) is 123 Å². The van der Waals surface area contributed by atoms with Gasteiger partial charge in [0.05, 0.1) is 69.6 Å². The van der Waals surface area contributed by atoms with Crippen molar-refractivity contribution in [1.29, 1.82) is 0 Å². The summed E-state index contributed by atoms with van der Waals surface area (Å²) in [5.74, 6) is 2.14. The lowest BCUT2D eigenvalue weighted by molar-refractivity contribution is -0.140. The number of benzene rings is 1. The van der Waals surface area contributed by atoms with E-state index in [1.807, 2.05) is 0 Å². The molecule has 3 aromatic rings. The normalized spacial score (nSPS) is 14.9. The van der Waals surface area contributed by atoms with Gasteiger partial charge in [-0.15, -0.1) is 11.8 Å². The minimum Gasteiger partial charge on any atom is -0.493 e. The maximum Gasteiger partial charge on any atom is 0.253 e. The third-order valence-electron chi connectivity index (χ3n) is 9.22. The first-order chi connectivity index (χ1) is 28.4. The standard InChI is InChI=1S/C41H53N5O11S2/c1-41(2,3)32-24-42-33(57-32)27-58-37-25-43-40(59-37)44-39(50)29-11-14-45(15-12-29)36(49)26-55-19-18-53-16-17-54-20-21-56-38-30(51-4)22-28(23-31(38)52-5)9-10-35(48)46-13-7-6-8-34(46)47/h6,8-10,22-25,29H,7,11-21,26-27H2,1-5H3,(H,43,44,50)/b10-9+. The quantitative estimate of drug-likeness (QED) is 0.0820. The van der Waals surface area contributed by atoms with Gasteiger partial charge in [0.15, 0.2) is 16.6 Å². The molecular formula is C41H53N5O11S2. The Morgan fingerprint density at radius 2 is 1.63 bits per heavy atom. The van der Waals surface area contributed by atoms with E-state index in [0.717, 1.165) is 9.97 Å². The van der Waals surface area contributed by atoms with Crippen LogP contribution in [0.4, 0.5) is 5.13 Å². The van der Waals surface area contributed by atoms with E-state index < -0.39 is 5.91 Å². The highest BCUT2D eigenvalue weighted by atomic mass is 32.2. The van der Waals surface area contributed by atoms with Crippen LogP contribution in [0.1, 0.15) is 57.2 Å². The molecule has 0 bridgehead atoms. The fourth-order valence-electron chi connectivity index (χ4n) is 5.94. The van der Waals surface area contributed by atoms with Gasteiger partial charge in [-0.2, -0.15) is 0 Å². The Morgan fingerprint density at radius 1 is 0.949 bits per heavy atom. The van der Waals surface area contributed by atoms with E-state index in [1.165, 1.54) is 42.6 Å². The molecule has 1 fully saturated rings. The Balaban J connectivity index is 0.890. The zero-order chi connectivity index (χ0) is 42.2. The Kier molecular flexibility index (Phi) is 17.3. The minimum atomic E-state index is -0.401. The predicted octanol–water partition coefficient (Wildman–Crippen LogP) is 5.37. The molecular weight excluding hydrogens is 803 g/mol. The second-order valence-corrected chi connectivity index (χ2v) is 16.8. The number of carbonyl (C=O) groups is 4. The highest BCUT2D eigenvalue weighted by molar-refractivity contribution is 8.00. The molecule has 16 nitrogen and oxygen atoms in total. The summed E-state index contributed by atoms with van der Waals surface area (Å²) in [7, 11) is 3.01. The van der Waals surface area contributed by atoms with Crippen LogP contribution in [0.3, 0.4) is 0 Å².